The lowest BCUT2D eigenvalue weighted by Crippen LogP contribution is -2.56. The van der Waals surface area contributed by atoms with E-state index in [0.29, 0.717) is 11.1 Å². The van der Waals surface area contributed by atoms with Crippen molar-refractivity contribution >= 4 is 17.3 Å². The number of ether oxygens (including phenoxy) is 1. The molecule has 0 spiro atoms. The van der Waals surface area contributed by atoms with Crippen LogP contribution in [0.5, 0.6) is 0 Å². The molecule has 2 N–H and O–H groups in total. The van der Waals surface area contributed by atoms with E-state index in [1.54, 1.807) is 24.3 Å². The highest BCUT2D eigenvalue weighted by atomic mass is 16.6. The molecular weight excluding hydrogens is 402 g/mol. The van der Waals surface area contributed by atoms with Crippen molar-refractivity contribution in [3.05, 3.63) is 113 Å². The molecule has 5 nitrogen and oxygen atoms in total. The number of nitrogens with zero attached hydrogens (tertiary/aromatic N) is 1. The summed E-state index contributed by atoms with van der Waals surface area (Å²) in [5.41, 5.74) is 1.39. The van der Waals surface area contributed by atoms with E-state index in [2.05, 4.69) is 0 Å². The molecule has 2 unspecified atom stereocenters. The summed E-state index contributed by atoms with van der Waals surface area (Å²) in [6.45, 7) is 3.22. The van der Waals surface area contributed by atoms with Gasteiger partial charge >= 0.3 is 0 Å². The molecule has 0 bridgehead atoms. The van der Waals surface area contributed by atoms with Gasteiger partial charge in [-0.25, -0.2) is 0 Å². The number of rotatable bonds is 3. The number of ketones is 1. The molecule has 0 saturated carbocycles. The second-order valence-electron chi connectivity index (χ2n) is 8.19. The van der Waals surface area contributed by atoms with Gasteiger partial charge in [0.15, 0.2) is 5.78 Å². The minimum atomic E-state index is -1.96. The van der Waals surface area contributed by atoms with Gasteiger partial charge in [0.25, 0.3) is 0 Å². The van der Waals surface area contributed by atoms with Crippen LogP contribution in [-0.2, 0) is 20.9 Å². The molecule has 1 heterocycles. The number of Topliss-reactive ketones (excluding diaryl/α,β-unsaturated/α-hetero) is 1. The zero-order chi connectivity index (χ0) is 22.5. The summed E-state index contributed by atoms with van der Waals surface area (Å²) in [4.78, 5) is 17.8. The van der Waals surface area contributed by atoms with Gasteiger partial charge in [-0.2, -0.15) is 0 Å². The molecule has 2 atom stereocenters. The largest absolute Gasteiger partial charge is 0.506 e. The minimum absolute atomic E-state index is 0.0204. The molecule has 0 aromatic heterocycles. The zero-order valence-electron chi connectivity index (χ0n) is 17.8. The zero-order valence-corrected chi connectivity index (χ0v) is 17.8. The molecule has 0 amide bonds. The third kappa shape index (κ3) is 2.72. The fourth-order valence-corrected chi connectivity index (χ4v) is 4.87. The predicted octanol–water partition coefficient (Wildman–Crippen LogP) is 4.51. The van der Waals surface area contributed by atoms with Gasteiger partial charge < -0.3 is 14.9 Å². The van der Waals surface area contributed by atoms with Crippen molar-refractivity contribution in [3.8, 4) is 0 Å². The molecule has 3 aromatic rings. The van der Waals surface area contributed by atoms with Gasteiger partial charge in [0.05, 0.1) is 11.7 Å². The number of benzene rings is 3. The fourth-order valence-electron chi connectivity index (χ4n) is 4.87. The van der Waals surface area contributed by atoms with Gasteiger partial charge in [-0.05, 0) is 25.0 Å². The molecule has 1 aliphatic heterocycles. The third-order valence-corrected chi connectivity index (χ3v) is 6.35. The van der Waals surface area contributed by atoms with Crippen LogP contribution in [0, 0.1) is 0 Å². The first-order valence-corrected chi connectivity index (χ1v) is 10.6. The van der Waals surface area contributed by atoms with E-state index < -0.39 is 23.2 Å². The summed E-state index contributed by atoms with van der Waals surface area (Å²) in [5, 5.41) is 22.9. The Labute approximate surface area is 186 Å². The van der Waals surface area contributed by atoms with Crippen LogP contribution in [0.4, 0.5) is 0 Å². The maximum Gasteiger partial charge on any atom is 0.238 e. The average molecular weight is 425 g/mol. The second-order valence-corrected chi connectivity index (χ2v) is 8.19. The highest BCUT2D eigenvalue weighted by Crippen LogP contribution is 2.50. The lowest BCUT2D eigenvalue weighted by atomic mass is 9.74. The van der Waals surface area contributed by atoms with Gasteiger partial charge in [0.2, 0.25) is 5.79 Å². The van der Waals surface area contributed by atoms with Crippen molar-refractivity contribution in [3.63, 3.8) is 0 Å². The quantitative estimate of drug-likeness (QED) is 0.647. The Bertz CT molecular complexity index is 1220. The summed E-state index contributed by atoms with van der Waals surface area (Å²) >= 11 is 0. The van der Waals surface area contributed by atoms with Crippen LogP contribution in [0.15, 0.2) is 95.5 Å². The number of hydrogen-bond acceptors (Lipinski definition) is 5. The average Bonchev–Trinajstić information content (AvgIpc) is 2.81. The van der Waals surface area contributed by atoms with Crippen LogP contribution in [0.3, 0.4) is 0 Å². The van der Waals surface area contributed by atoms with E-state index >= 15 is 0 Å². The number of aliphatic imine (C=N–C) groups is 1. The molecular formula is C27H23NO4. The van der Waals surface area contributed by atoms with Crippen molar-refractivity contribution < 1.29 is 19.7 Å². The topological polar surface area (TPSA) is 79.1 Å². The Morgan fingerprint density at radius 2 is 1.44 bits per heavy atom. The first kappa shape index (κ1) is 20.4. The van der Waals surface area contributed by atoms with E-state index in [1.165, 1.54) is 6.92 Å². The van der Waals surface area contributed by atoms with Gasteiger partial charge in [0, 0.05) is 11.1 Å². The van der Waals surface area contributed by atoms with Crippen molar-refractivity contribution in [1.82, 2.24) is 0 Å². The smallest absolute Gasteiger partial charge is 0.238 e. The summed E-state index contributed by atoms with van der Waals surface area (Å²) < 4.78 is 6.39. The predicted molar refractivity (Wildman–Crippen MR) is 122 cm³/mol. The molecule has 3 aromatic carbocycles. The molecule has 0 saturated heterocycles. The van der Waals surface area contributed by atoms with Crippen molar-refractivity contribution in [1.29, 1.82) is 0 Å². The third-order valence-electron chi connectivity index (χ3n) is 6.35. The summed E-state index contributed by atoms with van der Waals surface area (Å²) in [7, 11) is 0. The van der Waals surface area contributed by atoms with Crippen LogP contribution in [0.1, 0.15) is 36.1 Å². The Morgan fingerprint density at radius 3 is 2.00 bits per heavy atom. The lowest BCUT2D eigenvalue weighted by molar-refractivity contribution is -0.207. The molecule has 0 radical (unpaired) electrons. The normalized spacial score (nSPS) is 23.7. The Morgan fingerprint density at radius 1 is 0.906 bits per heavy atom. The van der Waals surface area contributed by atoms with E-state index in [9.17, 15) is 15.0 Å². The SMILES string of the molecule is CC(=O)C1=C(O)c2ccccc2C2(O)OC(C)C(c3ccccc3)(c3ccccc3)N=C12. The second kappa shape index (κ2) is 7.26. The van der Waals surface area contributed by atoms with E-state index in [0.717, 1.165) is 11.1 Å². The molecule has 1 aliphatic carbocycles. The van der Waals surface area contributed by atoms with Crippen LogP contribution in [-0.4, -0.2) is 27.8 Å². The molecule has 0 fully saturated rings. The minimum Gasteiger partial charge on any atom is -0.506 e. The number of aliphatic hydroxyl groups is 2. The monoisotopic (exact) mass is 425 g/mol. The van der Waals surface area contributed by atoms with E-state index in [-0.39, 0.29) is 17.0 Å². The van der Waals surface area contributed by atoms with Crippen LogP contribution < -0.4 is 0 Å². The van der Waals surface area contributed by atoms with Crippen LogP contribution >= 0.6 is 0 Å². The standard InChI is InChI=1S/C27H23NO4/c1-17(29)23-24(30)21-15-9-10-16-22(21)27(31)25(23)28-26(18(2)32-27,19-11-5-3-6-12-19)20-13-7-4-8-14-20/h3-16,18,30-31H,1-2H3. The summed E-state index contributed by atoms with van der Waals surface area (Å²) in [6, 6.07) is 26.2. The molecule has 5 heteroatoms. The van der Waals surface area contributed by atoms with Gasteiger partial charge in [-0.3, -0.25) is 9.79 Å². The Kier molecular flexibility index (Phi) is 4.62. The molecule has 160 valence electrons. The maximum absolute atomic E-state index is 12.7. The summed E-state index contributed by atoms with van der Waals surface area (Å²) in [5.74, 6) is -2.57. The van der Waals surface area contributed by atoms with Crippen molar-refractivity contribution in [2.45, 2.75) is 31.3 Å². The van der Waals surface area contributed by atoms with E-state index in [1.807, 2.05) is 67.6 Å². The van der Waals surface area contributed by atoms with Gasteiger partial charge in [-0.1, -0.05) is 84.9 Å². The molecule has 5 rings (SSSR count). The number of fused-ring (bicyclic) bond motifs is 3. The Balaban J connectivity index is 1.89. The number of hydrogen-bond donors (Lipinski definition) is 2. The fraction of sp³-hybridized carbons (Fsp3) is 0.185. The van der Waals surface area contributed by atoms with Crippen LogP contribution in [0.25, 0.3) is 5.76 Å². The van der Waals surface area contributed by atoms with Gasteiger partial charge in [-0.15, -0.1) is 0 Å². The summed E-state index contributed by atoms with van der Waals surface area (Å²) in [6.07, 6.45) is -0.595. The number of aliphatic hydroxyl groups excluding tert-OH is 1. The van der Waals surface area contributed by atoms with Crippen LogP contribution in [0.2, 0.25) is 0 Å². The molecule has 32 heavy (non-hydrogen) atoms. The van der Waals surface area contributed by atoms with Gasteiger partial charge in [0.1, 0.15) is 17.0 Å². The Hall–Kier alpha value is -3.54. The van der Waals surface area contributed by atoms with Crippen molar-refractivity contribution in [2.75, 3.05) is 0 Å². The maximum atomic E-state index is 12.7. The lowest BCUT2D eigenvalue weighted by Gasteiger charge is -2.48. The molecule has 2 aliphatic rings. The first-order valence-electron chi connectivity index (χ1n) is 10.6. The van der Waals surface area contributed by atoms with Crippen molar-refractivity contribution in [2.24, 2.45) is 4.99 Å². The first-order chi connectivity index (χ1) is 15.4. The van der Waals surface area contributed by atoms with E-state index in [4.69, 9.17) is 9.73 Å². The highest BCUT2D eigenvalue weighted by Gasteiger charge is 2.56. The number of carbonyl (C=O) groups excluding carboxylic acids is 1. The number of carbonyl (C=O) groups is 1. The highest BCUT2D eigenvalue weighted by molar-refractivity contribution is 6.30.